The number of phenolic OH excluding ortho intramolecular Hbond substituents is 2. The Morgan fingerprint density at radius 3 is 2.37 bits per heavy atom. The lowest BCUT2D eigenvalue weighted by molar-refractivity contribution is 0.0731. The molecule has 0 radical (unpaired) electrons. The molecule has 0 amide bonds. The van der Waals surface area contributed by atoms with Crippen LogP contribution in [0.4, 0.5) is 0 Å². The molecule has 4 heteroatoms. The van der Waals surface area contributed by atoms with Gasteiger partial charge in [-0.3, -0.25) is 0 Å². The van der Waals surface area contributed by atoms with Crippen LogP contribution in [-0.4, -0.2) is 16.2 Å². The number of hydrogen-bond donors (Lipinski definition) is 2. The second-order valence-electron chi connectivity index (χ2n) is 3.86. The number of carbonyl (C=O) groups excluding carboxylic acids is 1. The van der Waals surface area contributed by atoms with Crippen molar-refractivity contribution in [3.63, 3.8) is 0 Å². The number of carbonyl (C=O) groups is 1. The van der Waals surface area contributed by atoms with Gasteiger partial charge < -0.3 is 14.9 Å². The fraction of sp³-hybridized carbons (Fsp3) is 0. The van der Waals surface area contributed by atoms with Crippen molar-refractivity contribution in [1.29, 1.82) is 0 Å². The predicted octanol–water partition coefficient (Wildman–Crippen LogP) is 2.96. The molecule has 2 N–H and O–H groups in total. The van der Waals surface area contributed by atoms with Gasteiger partial charge in [-0.2, -0.15) is 0 Å². The Bertz CT molecular complexity index is 615. The molecule has 0 atom stereocenters. The van der Waals surface area contributed by atoms with E-state index in [0.717, 1.165) is 11.6 Å². The monoisotopic (exact) mass is 256 g/mol. The van der Waals surface area contributed by atoms with Gasteiger partial charge in [0.15, 0.2) is 0 Å². The van der Waals surface area contributed by atoms with Gasteiger partial charge in [-0.25, -0.2) is 4.79 Å². The number of rotatable bonds is 3. The van der Waals surface area contributed by atoms with Crippen LogP contribution in [0.1, 0.15) is 15.9 Å². The van der Waals surface area contributed by atoms with E-state index >= 15 is 0 Å². The summed E-state index contributed by atoms with van der Waals surface area (Å²) in [7, 11) is 0. The third-order valence-corrected chi connectivity index (χ3v) is 2.53. The van der Waals surface area contributed by atoms with Crippen LogP contribution in [-0.2, 0) is 0 Å². The van der Waals surface area contributed by atoms with Crippen molar-refractivity contribution in [3.05, 3.63) is 60.2 Å². The lowest BCUT2D eigenvalue weighted by atomic mass is 10.2. The van der Waals surface area contributed by atoms with Crippen LogP contribution in [0.25, 0.3) is 6.08 Å². The van der Waals surface area contributed by atoms with Crippen molar-refractivity contribution in [2.75, 3.05) is 0 Å². The van der Waals surface area contributed by atoms with Crippen molar-refractivity contribution in [2.24, 2.45) is 0 Å². The third kappa shape index (κ3) is 2.93. The van der Waals surface area contributed by atoms with Gasteiger partial charge in [-0.15, -0.1) is 0 Å². The van der Waals surface area contributed by atoms with Crippen LogP contribution >= 0.6 is 0 Å². The highest BCUT2D eigenvalue weighted by atomic mass is 16.5. The molecule has 19 heavy (non-hydrogen) atoms. The Balaban J connectivity index is 2.18. The Morgan fingerprint density at radius 2 is 1.79 bits per heavy atom. The largest absolute Gasteiger partial charge is 0.508 e. The maximum absolute atomic E-state index is 11.8. The van der Waals surface area contributed by atoms with E-state index in [4.69, 9.17) is 9.84 Å². The molecule has 0 aliphatic heterocycles. The molecule has 2 aromatic rings. The second-order valence-corrected chi connectivity index (χ2v) is 3.86. The molecule has 0 aliphatic rings. The average molecular weight is 256 g/mol. The molecule has 0 aromatic heterocycles. The van der Waals surface area contributed by atoms with E-state index in [2.05, 4.69) is 6.58 Å². The van der Waals surface area contributed by atoms with Crippen molar-refractivity contribution < 1.29 is 19.7 Å². The minimum absolute atomic E-state index is 0.00871. The molecule has 0 heterocycles. The second kappa shape index (κ2) is 5.27. The molecule has 0 saturated carbocycles. The summed E-state index contributed by atoms with van der Waals surface area (Å²) in [5, 5.41) is 18.7. The third-order valence-electron chi connectivity index (χ3n) is 2.53. The first-order chi connectivity index (χ1) is 9.10. The molecule has 2 rings (SSSR count). The zero-order chi connectivity index (χ0) is 13.8. The van der Waals surface area contributed by atoms with Crippen LogP contribution in [0.2, 0.25) is 0 Å². The molecule has 2 aromatic carbocycles. The fourth-order valence-corrected chi connectivity index (χ4v) is 1.53. The molecule has 0 aliphatic carbocycles. The number of hydrogen-bond acceptors (Lipinski definition) is 4. The highest BCUT2D eigenvalue weighted by Crippen LogP contribution is 2.24. The molecule has 96 valence electrons. The van der Waals surface area contributed by atoms with Gasteiger partial charge in [0, 0.05) is 6.07 Å². The Morgan fingerprint density at radius 1 is 1.11 bits per heavy atom. The van der Waals surface area contributed by atoms with Crippen molar-refractivity contribution in [1.82, 2.24) is 0 Å². The minimum Gasteiger partial charge on any atom is -0.508 e. The van der Waals surface area contributed by atoms with Crippen molar-refractivity contribution >= 4 is 12.0 Å². The molecular formula is C15H12O4. The summed E-state index contributed by atoms with van der Waals surface area (Å²) < 4.78 is 5.11. The number of esters is 1. The highest BCUT2D eigenvalue weighted by molar-refractivity contribution is 5.94. The van der Waals surface area contributed by atoms with Gasteiger partial charge in [0.05, 0.1) is 0 Å². The van der Waals surface area contributed by atoms with Crippen LogP contribution in [0.3, 0.4) is 0 Å². The topological polar surface area (TPSA) is 66.8 Å². The number of phenols is 2. The number of ether oxygens (including phenoxy) is 1. The summed E-state index contributed by atoms with van der Waals surface area (Å²) in [5.41, 5.74) is 0.901. The Hall–Kier alpha value is -2.75. The van der Waals surface area contributed by atoms with Crippen molar-refractivity contribution in [2.45, 2.75) is 0 Å². The van der Waals surface area contributed by atoms with Crippen LogP contribution in [0, 0.1) is 0 Å². The van der Waals surface area contributed by atoms with E-state index in [9.17, 15) is 9.90 Å². The van der Waals surface area contributed by atoms with E-state index < -0.39 is 5.97 Å². The van der Waals surface area contributed by atoms with Gasteiger partial charge >= 0.3 is 5.97 Å². The summed E-state index contributed by atoms with van der Waals surface area (Å²) >= 11 is 0. The zero-order valence-electron chi connectivity index (χ0n) is 10.0. The van der Waals surface area contributed by atoms with Gasteiger partial charge in [0.1, 0.15) is 22.8 Å². The van der Waals surface area contributed by atoms with Crippen LogP contribution in [0.5, 0.6) is 17.2 Å². The van der Waals surface area contributed by atoms with Crippen molar-refractivity contribution in [3.8, 4) is 17.2 Å². The summed E-state index contributed by atoms with van der Waals surface area (Å²) in [6, 6.07) is 10.5. The number of aromatic hydroxyl groups is 2. The highest BCUT2D eigenvalue weighted by Gasteiger charge is 2.13. The molecular weight excluding hydrogens is 244 g/mol. The fourth-order valence-electron chi connectivity index (χ4n) is 1.53. The first-order valence-electron chi connectivity index (χ1n) is 5.57. The lowest BCUT2D eigenvalue weighted by Gasteiger charge is -2.06. The SMILES string of the molecule is C=Cc1ccc(OC(=O)c2ccc(O)cc2O)cc1. The maximum Gasteiger partial charge on any atom is 0.347 e. The molecule has 4 nitrogen and oxygen atoms in total. The number of benzene rings is 2. The average Bonchev–Trinajstić information content (AvgIpc) is 2.39. The first-order valence-corrected chi connectivity index (χ1v) is 5.57. The van der Waals surface area contributed by atoms with E-state index in [-0.39, 0.29) is 17.1 Å². The van der Waals surface area contributed by atoms with Gasteiger partial charge in [-0.05, 0) is 29.8 Å². The maximum atomic E-state index is 11.8. The molecule has 0 saturated heterocycles. The van der Waals surface area contributed by atoms with Crippen LogP contribution in [0.15, 0.2) is 49.0 Å². The molecule has 0 unspecified atom stereocenters. The molecule has 0 bridgehead atoms. The van der Waals surface area contributed by atoms with Gasteiger partial charge in [0.2, 0.25) is 0 Å². The Labute approximate surface area is 110 Å². The Kier molecular flexibility index (Phi) is 3.52. The van der Waals surface area contributed by atoms with Gasteiger partial charge in [-0.1, -0.05) is 24.8 Å². The quantitative estimate of drug-likeness (QED) is 0.654. The predicted molar refractivity (Wildman–Crippen MR) is 71.3 cm³/mol. The minimum atomic E-state index is -0.691. The lowest BCUT2D eigenvalue weighted by Crippen LogP contribution is -2.08. The van der Waals surface area contributed by atoms with E-state index in [1.54, 1.807) is 30.3 Å². The van der Waals surface area contributed by atoms with Crippen LogP contribution < -0.4 is 4.74 Å². The van der Waals surface area contributed by atoms with E-state index in [0.29, 0.717) is 5.75 Å². The summed E-state index contributed by atoms with van der Waals surface area (Å²) in [6.45, 7) is 3.62. The standard InChI is InChI=1S/C15H12O4/c1-2-10-3-6-12(7-4-10)19-15(18)13-8-5-11(16)9-14(13)17/h2-9,16-17H,1H2. The van der Waals surface area contributed by atoms with E-state index in [1.807, 2.05) is 0 Å². The molecule has 0 fully saturated rings. The van der Waals surface area contributed by atoms with Gasteiger partial charge in [0.25, 0.3) is 0 Å². The van der Waals surface area contributed by atoms with E-state index in [1.165, 1.54) is 12.1 Å². The summed E-state index contributed by atoms with van der Waals surface area (Å²) in [6.07, 6.45) is 1.68. The summed E-state index contributed by atoms with van der Waals surface area (Å²) in [4.78, 5) is 11.8. The zero-order valence-corrected chi connectivity index (χ0v) is 10.0. The first kappa shape index (κ1) is 12.7. The summed E-state index contributed by atoms with van der Waals surface area (Å²) in [5.74, 6) is -0.774. The normalized spacial score (nSPS) is 9.89. The molecule has 0 spiro atoms. The smallest absolute Gasteiger partial charge is 0.347 e.